The van der Waals surface area contributed by atoms with Crippen molar-refractivity contribution in [3.8, 4) is 0 Å². The van der Waals surface area contributed by atoms with Gasteiger partial charge in [0.25, 0.3) is 12.3 Å². The zero-order valence-corrected chi connectivity index (χ0v) is 11.5. The van der Waals surface area contributed by atoms with Crippen LogP contribution in [-0.2, 0) is 8.85 Å². The van der Waals surface area contributed by atoms with Gasteiger partial charge in [0.1, 0.15) is 0 Å². The van der Waals surface area contributed by atoms with Gasteiger partial charge in [0.15, 0.2) is 0 Å². The van der Waals surface area contributed by atoms with Crippen LogP contribution in [0.15, 0.2) is 0 Å². The fraction of sp³-hybridized carbons (Fsp3) is 1.00. The fourth-order valence-corrected chi connectivity index (χ4v) is 4.66. The van der Waals surface area contributed by atoms with Gasteiger partial charge >= 0.3 is 8.56 Å². The Labute approximate surface area is 96.4 Å². The van der Waals surface area contributed by atoms with Crippen LogP contribution >= 0.6 is 0 Å². The highest BCUT2D eigenvalue weighted by atomic mass is 28.4. The van der Waals surface area contributed by atoms with Gasteiger partial charge in [-0.15, -0.1) is 0 Å². The number of alkyl halides is 3. The van der Waals surface area contributed by atoms with Crippen molar-refractivity contribution in [3.63, 3.8) is 0 Å². The maximum atomic E-state index is 13.5. The Morgan fingerprint density at radius 2 is 1.81 bits per heavy atom. The molecule has 0 aliphatic heterocycles. The van der Waals surface area contributed by atoms with Gasteiger partial charge in [-0.05, 0) is 33.4 Å². The number of hydrogen-bond donors (Lipinski definition) is 0. The molecule has 0 radical (unpaired) electrons. The van der Waals surface area contributed by atoms with E-state index in [9.17, 15) is 13.2 Å². The van der Waals surface area contributed by atoms with Gasteiger partial charge in [-0.3, -0.25) is 0 Å². The number of rotatable bonds is 7. The molecule has 2 unspecified atom stereocenters. The molecule has 0 heterocycles. The molecule has 0 aromatic heterocycles. The van der Waals surface area contributed by atoms with Gasteiger partial charge in [-0.1, -0.05) is 13.3 Å². The number of halogens is 3. The quantitative estimate of drug-likeness (QED) is 0.646. The zero-order valence-electron chi connectivity index (χ0n) is 10.5. The molecular weight excluding hydrogens is 237 g/mol. The third kappa shape index (κ3) is 5.31. The average Bonchev–Trinajstić information content (AvgIpc) is 1.99. The van der Waals surface area contributed by atoms with Crippen LogP contribution < -0.4 is 0 Å². The van der Waals surface area contributed by atoms with Crippen molar-refractivity contribution in [1.29, 1.82) is 0 Å². The van der Waals surface area contributed by atoms with E-state index in [1.807, 2.05) is 6.92 Å². The molecular formula is C10H21F3O2Si. The summed E-state index contributed by atoms with van der Waals surface area (Å²) >= 11 is 0. The monoisotopic (exact) mass is 258 g/mol. The maximum absolute atomic E-state index is 13.5. The summed E-state index contributed by atoms with van der Waals surface area (Å²) in [4.78, 5) is 0. The summed E-state index contributed by atoms with van der Waals surface area (Å²) in [6, 6.07) is 0.497. The molecule has 98 valence electrons. The molecule has 0 fully saturated rings. The summed E-state index contributed by atoms with van der Waals surface area (Å²) in [7, 11) is -2.87. The first-order chi connectivity index (χ1) is 7.13. The molecule has 0 aliphatic rings. The van der Waals surface area contributed by atoms with Crippen molar-refractivity contribution in [2.45, 2.75) is 65.1 Å². The summed E-state index contributed by atoms with van der Waals surface area (Å²) in [5.41, 5.74) is 0. The van der Waals surface area contributed by atoms with Crippen LogP contribution in [0.5, 0.6) is 0 Å². The molecule has 0 amide bonds. The highest BCUT2D eigenvalue weighted by Crippen LogP contribution is 2.30. The minimum absolute atomic E-state index is 0.156. The molecule has 0 aromatic rings. The van der Waals surface area contributed by atoms with E-state index in [1.54, 1.807) is 20.4 Å². The van der Waals surface area contributed by atoms with Gasteiger partial charge in [-0.2, -0.15) is 0 Å². The van der Waals surface area contributed by atoms with Crippen LogP contribution in [0.3, 0.4) is 0 Å². The van der Waals surface area contributed by atoms with E-state index in [0.29, 0.717) is 6.04 Å². The molecule has 0 aliphatic carbocycles. The summed E-state index contributed by atoms with van der Waals surface area (Å²) in [5.74, 6) is -2.93. The van der Waals surface area contributed by atoms with Crippen molar-refractivity contribution in [2.24, 2.45) is 0 Å². The molecule has 0 spiro atoms. The van der Waals surface area contributed by atoms with E-state index in [0.717, 1.165) is 13.3 Å². The van der Waals surface area contributed by atoms with Crippen LogP contribution in [0, 0.1) is 0 Å². The predicted octanol–water partition coefficient (Wildman–Crippen LogP) is 3.86. The minimum Gasteiger partial charge on any atom is -0.392 e. The second-order valence-electron chi connectivity index (χ2n) is 4.44. The molecule has 6 heteroatoms. The Hall–Kier alpha value is -0.0731. The molecule has 2 nitrogen and oxygen atoms in total. The van der Waals surface area contributed by atoms with Crippen LogP contribution in [0.4, 0.5) is 13.2 Å². The lowest BCUT2D eigenvalue weighted by molar-refractivity contribution is -0.170. The topological polar surface area (TPSA) is 18.5 Å². The molecule has 0 bridgehead atoms. The van der Waals surface area contributed by atoms with Crippen LogP contribution in [0.1, 0.15) is 34.1 Å². The normalized spacial score (nSPS) is 19.9. The lowest BCUT2D eigenvalue weighted by atomic mass is 10.4. The molecule has 16 heavy (non-hydrogen) atoms. The van der Waals surface area contributed by atoms with E-state index in [-0.39, 0.29) is 6.10 Å². The first-order valence-corrected chi connectivity index (χ1v) is 8.00. The largest absolute Gasteiger partial charge is 0.392 e. The lowest BCUT2D eigenvalue weighted by Crippen LogP contribution is -2.49. The summed E-state index contributed by atoms with van der Waals surface area (Å²) in [6.07, 6.45) is -2.60. The highest BCUT2D eigenvalue weighted by Gasteiger charge is 2.45. The Kier molecular flexibility index (Phi) is 5.99. The van der Waals surface area contributed by atoms with Gasteiger partial charge < -0.3 is 8.85 Å². The maximum Gasteiger partial charge on any atom is 0.337 e. The third-order valence-electron chi connectivity index (χ3n) is 1.99. The second-order valence-corrected chi connectivity index (χ2v) is 7.65. The first-order valence-electron chi connectivity index (χ1n) is 5.48. The van der Waals surface area contributed by atoms with Crippen molar-refractivity contribution < 1.29 is 22.0 Å². The minimum atomic E-state index is -3.16. The zero-order chi connectivity index (χ0) is 13.0. The van der Waals surface area contributed by atoms with E-state index in [2.05, 4.69) is 0 Å². The molecule has 0 rings (SSSR count). The van der Waals surface area contributed by atoms with Crippen molar-refractivity contribution >= 4 is 8.56 Å². The Morgan fingerprint density at radius 1 is 1.31 bits per heavy atom. The van der Waals surface area contributed by atoms with E-state index in [1.165, 1.54) is 0 Å². The third-order valence-corrected chi connectivity index (χ3v) is 5.20. The predicted molar refractivity (Wildman–Crippen MR) is 59.5 cm³/mol. The SMILES string of the molecule is CCC[Si](C)(OC(C)C)OC(C)(F)C(F)F. The van der Waals surface area contributed by atoms with E-state index in [4.69, 9.17) is 8.85 Å². The molecule has 0 saturated heterocycles. The summed E-state index contributed by atoms with van der Waals surface area (Å²) < 4.78 is 48.7. The van der Waals surface area contributed by atoms with Crippen LogP contribution in [-0.4, -0.2) is 26.9 Å². The highest BCUT2D eigenvalue weighted by molar-refractivity contribution is 6.66. The van der Waals surface area contributed by atoms with Crippen molar-refractivity contribution in [3.05, 3.63) is 0 Å². The molecule has 0 aromatic carbocycles. The van der Waals surface area contributed by atoms with Gasteiger partial charge in [-0.25, -0.2) is 13.2 Å². The molecule has 0 saturated carbocycles. The lowest BCUT2D eigenvalue weighted by Gasteiger charge is -2.34. The van der Waals surface area contributed by atoms with Gasteiger partial charge in [0.2, 0.25) is 0 Å². The molecule has 2 atom stereocenters. The molecule has 0 N–H and O–H groups in total. The van der Waals surface area contributed by atoms with E-state index >= 15 is 0 Å². The van der Waals surface area contributed by atoms with Crippen LogP contribution in [0.25, 0.3) is 0 Å². The van der Waals surface area contributed by atoms with Gasteiger partial charge in [0.05, 0.1) is 0 Å². The van der Waals surface area contributed by atoms with Crippen molar-refractivity contribution in [2.75, 3.05) is 0 Å². The standard InChI is InChI=1S/C10H21F3O2Si/c1-6-7-16(5,14-8(2)3)15-10(4,13)9(11)12/h8-9H,6-7H2,1-5H3. The summed E-state index contributed by atoms with van der Waals surface area (Å²) in [5, 5.41) is 0. The first kappa shape index (κ1) is 15.9. The van der Waals surface area contributed by atoms with Gasteiger partial charge in [0, 0.05) is 6.10 Å². The Balaban J connectivity index is 4.66. The van der Waals surface area contributed by atoms with Crippen LogP contribution in [0.2, 0.25) is 12.6 Å². The second kappa shape index (κ2) is 6.02. The fourth-order valence-electron chi connectivity index (χ4n) is 1.55. The Bertz CT molecular complexity index is 212. The average molecular weight is 258 g/mol. The van der Waals surface area contributed by atoms with Crippen molar-refractivity contribution in [1.82, 2.24) is 0 Å². The van der Waals surface area contributed by atoms with E-state index < -0.39 is 20.8 Å². The summed E-state index contributed by atoms with van der Waals surface area (Å²) in [6.45, 7) is 7.82. The Morgan fingerprint density at radius 3 is 2.12 bits per heavy atom. The number of hydrogen-bond acceptors (Lipinski definition) is 2. The smallest absolute Gasteiger partial charge is 0.337 e.